The van der Waals surface area contributed by atoms with Gasteiger partial charge in [-0.2, -0.15) is 0 Å². The first-order valence-electron chi connectivity index (χ1n) is 8.10. The van der Waals surface area contributed by atoms with Crippen LogP contribution in [0.2, 0.25) is 0 Å². The van der Waals surface area contributed by atoms with Crippen molar-refractivity contribution in [2.24, 2.45) is 0 Å². The molecule has 0 spiro atoms. The fourth-order valence-corrected chi connectivity index (χ4v) is 3.70. The van der Waals surface area contributed by atoms with Crippen LogP contribution in [0.25, 0.3) is 0 Å². The second kappa shape index (κ2) is 5.43. The number of carbonyl (C=O) groups is 1. The lowest BCUT2D eigenvalue weighted by Gasteiger charge is -2.31. The average Bonchev–Trinajstić information content (AvgIpc) is 2.86. The summed E-state index contributed by atoms with van der Waals surface area (Å²) < 4.78 is 0. The van der Waals surface area contributed by atoms with Gasteiger partial charge >= 0.3 is 0 Å². The zero-order chi connectivity index (χ0) is 16.7. The van der Waals surface area contributed by atoms with Crippen LogP contribution < -0.4 is 0 Å². The maximum absolute atomic E-state index is 13.1. The Kier molecular flexibility index (Phi) is 3.36. The third-order valence-corrected chi connectivity index (χ3v) is 4.91. The number of rotatable bonds is 2. The zero-order valence-corrected chi connectivity index (χ0v) is 13.4. The van der Waals surface area contributed by atoms with Crippen molar-refractivity contribution in [3.05, 3.63) is 107 Å². The molecule has 0 unspecified atom stereocenters. The van der Waals surface area contributed by atoms with Crippen molar-refractivity contribution in [3.8, 4) is 0 Å². The highest BCUT2D eigenvalue weighted by molar-refractivity contribution is 6.07. The van der Waals surface area contributed by atoms with Gasteiger partial charge in [-0.15, -0.1) is 0 Å². The van der Waals surface area contributed by atoms with E-state index in [4.69, 9.17) is 0 Å². The van der Waals surface area contributed by atoms with Crippen LogP contribution in [0.3, 0.4) is 0 Å². The lowest BCUT2D eigenvalue weighted by atomic mass is 9.77. The number of aryl methyl sites for hydroxylation is 1. The zero-order valence-electron chi connectivity index (χ0n) is 13.4. The van der Waals surface area contributed by atoms with E-state index in [1.54, 1.807) is 6.07 Å². The van der Waals surface area contributed by atoms with E-state index in [0.717, 1.165) is 16.7 Å². The van der Waals surface area contributed by atoms with Crippen LogP contribution in [-0.4, -0.2) is 10.9 Å². The Bertz CT molecular complexity index is 897. The van der Waals surface area contributed by atoms with Crippen LogP contribution in [0.5, 0.6) is 0 Å². The summed E-state index contributed by atoms with van der Waals surface area (Å²) in [5.74, 6) is -0.654. The maximum atomic E-state index is 13.1. The van der Waals surface area contributed by atoms with Gasteiger partial charge in [0.15, 0.2) is 5.78 Å². The van der Waals surface area contributed by atoms with E-state index in [9.17, 15) is 9.90 Å². The third-order valence-electron chi connectivity index (χ3n) is 4.91. The largest absolute Gasteiger partial charge is 0.379 e. The molecule has 3 aromatic carbocycles. The van der Waals surface area contributed by atoms with E-state index < -0.39 is 11.5 Å². The Morgan fingerprint density at radius 2 is 1.46 bits per heavy atom. The molecule has 0 saturated carbocycles. The SMILES string of the molecule is Cc1ccc([C@H]2C(=O)c3ccccc3[C@]2(O)c2ccccc2)cc1. The minimum Gasteiger partial charge on any atom is -0.379 e. The lowest BCUT2D eigenvalue weighted by Crippen LogP contribution is -2.33. The molecule has 118 valence electrons. The van der Waals surface area contributed by atoms with Crippen LogP contribution in [0.15, 0.2) is 78.9 Å². The highest BCUT2D eigenvalue weighted by Crippen LogP contribution is 2.50. The molecule has 0 fully saturated rings. The number of hydrogen-bond donors (Lipinski definition) is 1. The van der Waals surface area contributed by atoms with E-state index in [1.165, 1.54) is 0 Å². The van der Waals surface area contributed by atoms with Crippen molar-refractivity contribution >= 4 is 5.78 Å². The van der Waals surface area contributed by atoms with Crippen LogP contribution in [0.4, 0.5) is 0 Å². The quantitative estimate of drug-likeness (QED) is 0.769. The second-order valence-corrected chi connectivity index (χ2v) is 6.39. The molecule has 1 aliphatic carbocycles. The first-order chi connectivity index (χ1) is 11.6. The number of ketones is 1. The number of Topliss-reactive ketones (excluding diaryl/α,β-unsaturated/α-hetero) is 1. The Hall–Kier alpha value is -2.71. The standard InChI is InChI=1S/C22H18O2/c1-15-11-13-16(14-12-15)20-21(23)18-9-5-6-10-19(18)22(20,24)17-7-3-2-4-8-17/h2-14,20,24H,1H3/t20-,22+/m0/s1. The minimum absolute atomic E-state index is 0.0270. The normalized spacial score (nSPS) is 22.4. The summed E-state index contributed by atoms with van der Waals surface area (Å²) in [6.45, 7) is 2.01. The lowest BCUT2D eigenvalue weighted by molar-refractivity contribution is 0.0533. The van der Waals surface area contributed by atoms with Gasteiger partial charge in [-0.25, -0.2) is 0 Å². The predicted octanol–water partition coefficient (Wildman–Crippen LogP) is 4.21. The molecular formula is C22H18O2. The van der Waals surface area contributed by atoms with E-state index in [-0.39, 0.29) is 5.78 Å². The first-order valence-corrected chi connectivity index (χ1v) is 8.10. The van der Waals surface area contributed by atoms with E-state index in [0.29, 0.717) is 11.1 Å². The summed E-state index contributed by atoms with van der Waals surface area (Å²) in [6.07, 6.45) is 0. The van der Waals surface area contributed by atoms with Gasteiger partial charge in [-0.1, -0.05) is 84.4 Å². The van der Waals surface area contributed by atoms with E-state index in [2.05, 4.69) is 0 Å². The van der Waals surface area contributed by atoms with Crippen molar-refractivity contribution in [3.63, 3.8) is 0 Å². The number of carbonyl (C=O) groups excluding carboxylic acids is 1. The molecule has 2 atom stereocenters. The Morgan fingerprint density at radius 1 is 0.833 bits per heavy atom. The van der Waals surface area contributed by atoms with Crippen LogP contribution in [-0.2, 0) is 5.60 Å². The van der Waals surface area contributed by atoms with Gasteiger partial charge in [-0.3, -0.25) is 4.79 Å². The van der Waals surface area contributed by atoms with Gasteiger partial charge in [0.25, 0.3) is 0 Å². The Labute approximate surface area is 141 Å². The van der Waals surface area contributed by atoms with Gasteiger partial charge in [0.2, 0.25) is 0 Å². The molecule has 0 heterocycles. The number of aliphatic hydroxyl groups is 1. The van der Waals surface area contributed by atoms with Crippen molar-refractivity contribution in [1.29, 1.82) is 0 Å². The molecule has 0 saturated heterocycles. The summed E-state index contributed by atoms with van der Waals surface area (Å²) in [5, 5.41) is 11.7. The fraction of sp³-hybridized carbons (Fsp3) is 0.136. The van der Waals surface area contributed by atoms with Gasteiger partial charge < -0.3 is 5.11 Å². The third kappa shape index (κ3) is 2.04. The molecule has 3 aromatic rings. The summed E-state index contributed by atoms with van der Waals surface area (Å²) in [7, 11) is 0. The van der Waals surface area contributed by atoms with Crippen LogP contribution in [0, 0.1) is 6.92 Å². The molecule has 0 bridgehead atoms. The molecule has 24 heavy (non-hydrogen) atoms. The van der Waals surface area contributed by atoms with Gasteiger partial charge in [0.1, 0.15) is 5.60 Å². The molecule has 0 amide bonds. The van der Waals surface area contributed by atoms with Crippen molar-refractivity contribution in [1.82, 2.24) is 0 Å². The molecular weight excluding hydrogens is 296 g/mol. The van der Waals surface area contributed by atoms with Crippen LogP contribution in [0.1, 0.15) is 38.5 Å². The second-order valence-electron chi connectivity index (χ2n) is 6.39. The topological polar surface area (TPSA) is 37.3 Å². The number of hydrogen-bond acceptors (Lipinski definition) is 2. The van der Waals surface area contributed by atoms with E-state index >= 15 is 0 Å². The first kappa shape index (κ1) is 14.9. The van der Waals surface area contributed by atoms with Crippen LogP contribution >= 0.6 is 0 Å². The van der Waals surface area contributed by atoms with Crippen molar-refractivity contribution < 1.29 is 9.90 Å². The minimum atomic E-state index is -1.34. The Morgan fingerprint density at radius 3 is 2.17 bits per heavy atom. The monoisotopic (exact) mass is 314 g/mol. The van der Waals surface area contributed by atoms with Gasteiger partial charge in [-0.05, 0) is 23.6 Å². The molecule has 0 aromatic heterocycles. The maximum Gasteiger partial charge on any atom is 0.174 e. The summed E-state index contributed by atoms with van der Waals surface area (Å²) in [5.41, 5.74) is 2.66. The van der Waals surface area contributed by atoms with E-state index in [1.807, 2.05) is 79.7 Å². The summed E-state index contributed by atoms with van der Waals surface area (Å²) in [6, 6.07) is 24.7. The highest BCUT2D eigenvalue weighted by atomic mass is 16.3. The molecule has 4 rings (SSSR count). The molecule has 2 nitrogen and oxygen atoms in total. The molecule has 0 aliphatic heterocycles. The number of benzene rings is 3. The molecule has 0 radical (unpaired) electrons. The van der Waals surface area contributed by atoms with Crippen molar-refractivity contribution in [2.45, 2.75) is 18.4 Å². The average molecular weight is 314 g/mol. The summed E-state index contributed by atoms with van der Waals surface area (Å²) >= 11 is 0. The molecule has 1 N–H and O–H groups in total. The van der Waals surface area contributed by atoms with Crippen molar-refractivity contribution in [2.75, 3.05) is 0 Å². The van der Waals surface area contributed by atoms with Gasteiger partial charge in [0, 0.05) is 5.56 Å². The predicted molar refractivity (Wildman–Crippen MR) is 94.1 cm³/mol. The fourth-order valence-electron chi connectivity index (χ4n) is 3.70. The van der Waals surface area contributed by atoms with Gasteiger partial charge in [0.05, 0.1) is 5.92 Å². The number of fused-ring (bicyclic) bond motifs is 1. The molecule has 1 aliphatic rings. The summed E-state index contributed by atoms with van der Waals surface area (Å²) in [4.78, 5) is 13.1. The highest BCUT2D eigenvalue weighted by Gasteiger charge is 2.52. The molecule has 2 heteroatoms. The smallest absolute Gasteiger partial charge is 0.174 e. The Balaban J connectivity index is 1.98.